The maximum Gasteiger partial charge on any atom is 0.182 e. The van der Waals surface area contributed by atoms with Gasteiger partial charge in [-0.1, -0.05) is 0 Å². The number of aromatic nitrogens is 4. The number of H-pyrrole nitrogens is 1. The predicted octanol–water partition coefficient (Wildman–Crippen LogP) is 0.560. The van der Waals surface area contributed by atoms with Crippen LogP contribution in [0.4, 0.5) is 5.82 Å². The second kappa shape index (κ2) is 3.65. The maximum absolute atomic E-state index is 9.96. The molecule has 2 fully saturated rings. The molecule has 3 heterocycles. The molecule has 6 nitrogen and oxygen atoms in total. The van der Waals surface area contributed by atoms with Crippen molar-refractivity contribution in [3.8, 4) is 0 Å². The molecule has 1 saturated heterocycles. The van der Waals surface area contributed by atoms with E-state index in [9.17, 15) is 5.11 Å². The fourth-order valence-electron chi connectivity index (χ4n) is 3.40. The lowest BCUT2D eigenvalue weighted by atomic mass is 10.00. The Hall–Kier alpha value is -1.69. The van der Waals surface area contributed by atoms with Gasteiger partial charge in [-0.3, -0.25) is 0 Å². The van der Waals surface area contributed by atoms with Crippen molar-refractivity contribution >= 4 is 17.0 Å². The van der Waals surface area contributed by atoms with Crippen LogP contribution in [0.2, 0.25) is 0 Å². The number of aromatic amines is 1. The van der Waals surface area contributed by atoms with Gasteiger partial charge in [0.1, 0.15) is 11.8 Å². The van der Waals surface area contributed by atoms with Crippen LogP contribution in [-0.4, -0.2) is 44.2 Å². The summed E-state index contributed by atoms with van der Waals surface area (Å²) in [5.74, 6) is 1.92. The summed E-state index contributed by atoms with van der Waals surface area (Å²) in [4.78, 5) is 18.0. The van der Waals surface area contributed by atoms with Crippen LogP contribution in [0.5, 0.6) is 0 Å². The van der Waals surface area contributed by atoms with Gasteiger partial charge in [0.25, 0.3) is 0 Å². The second-order valence-electron chi connectivity index (χ2n) is 5.27. The van der Waals surface area contributed by atoms with Gasteiger partial charge in [0, 0.05) is 19.0 Å². The molecule has 3 unspecified atom stereocenters. The van der Waals surface area contributed by atoms with Crippen LogP contribution in [0.25, 0.3) is 11.2 Å². The summed E-state index contributed by atoms with van der Waals surface area (Å²) >= 11 is 0. The Morgan fingerprint density at radius 2 is 2.17 bits per heavy atom. The fraction of sp³-hybridized carbons (Fsp3) is 0.583. The molecule has 2 aromatic heterocycles. The third kappa shape index (κ3) is 1.35. The summed E-state index contributed by atoms with van der Waals surface area (Å²) in [6.07, 6.45) is 5.14. The van der Waals surface area contributed by atoms with Gasteiger partial charge in [0.05, 0.1) is 12.4 Å². The highest BCUT2D eigenvalue weighted by Gasteiger charge is 2.42. The fourth-order valence-corrected chi connectivity index (χ4v) is 3.40. The molecule has 2 aliphatic rings. The van der Waals surface area contributed by atoms with Crippen molar-refractivity contribution in [1.29, 1.82) is 0 Å². The molecule has 0 radical (unpaired) electrons. The van der Waals surface area contributed by atoms with Crippen LogP contribution >= 0.6 is 0 Å². The monoisotopic (exact) mass is 245 g/mol. The van der Waals surface area contributed by atoms with Crippen molar-refractivity contribution in [3.63, 3.8) is 0 Å². The molecule has 18 heavy (non-hydrogen) atoms. The Kier molecular flexibility index (Phi) is 2.08. The number of hydrogen-bond acceptors (Lipinski definition) is 5. The van der Waals surface area contributed by atoms with Gasteiger partial charge < -0.3 is 15.0 Å². The Morgan fingerprint density at radius 3 is 3.06 bits per heavy atom. The van der Waals surface area contributed by atoms with Crippen LogP contribution in [0.15, 0.2) is 12.7 Å². The lowest BCUT2D eigenvalue weighted by Gasteiger charge is -2.19. The molecule has 6 heteroatoms. The number of nitrogens with zero attached hydrogens (tertiary/aromatic N) is 4. The highest BCUT2D eigenvalue weighted by molar-refractivity contribution is 5.82. The molecule has 1 aliphatic heterocycles. The quantitative estimate of drug-likeness (QED) is 0.767. The van der Waals surface area contributed by atoms with E-state index in [2.05, 4.69) is 24.8 Å². The van der Waals surface area contributed by atoms with Gasteiger partial charge in [0.2, 0.25) is 0 Å². The molecule has 2 aromatic rings. The van der Waals surface area contributed by atoms with Crippen molar-refractivity contribution in [2.45, 2.75) is 18.9 Å². The first-order chi connectivity index (χ1) is 8.83. The van der Waals surface area contributed by atoms with Gasteiger partial charge in [-0.25, -0.2) is 15.0 Å². The molecule has 94 valence electrons. The Labute approximate surface area is 104 Å². The molecule has 0 bridgehead atoms. The lowest BCUT2D eigenvalue weighted by Crippen LogP contribution is -2.25. The van der Waals surface area contributed by atoms with E-state index in [-0.39, 0.29) is 6.10 Å². The average Bonchev–Trinajstić information content (AvgIpc) is 3.06. The summed E-state index contributed by atoms with van der Waals surface area (Å²) in [6, 6.07) is 0. The molecule has 3 atom stereocenters. The summed E-state index contributed by atoms with van der Waals surface area (Å²) in [5, 5.41) is 9.96. The van der Waals surface area contributed by atoms with Gasteiger partial charge in [0.15, 0.2) is 11.5 Å². The normalized spacial score (nSPS) is 31.2. The zero-order valence-corrected chi connectivity index (χ0v) is 9.95. The first kappa shape index (κ1) is 10.3. The minimum atomic E-state index is -0.140. The van der Waals surface area contributed by atoms with Crippen LogP contribution in [0.3, 0.4) is 0 Å². The number of nitrogens with one attached hydrogen (secondary N) is 1. The Bertz CT molecular complexity index is 583. The van der Waals surface area contributed by atoms with E-state index < -0.39 is 0 Å². The predicted molar refractivity (Wildman–Crippen MR) is 66.1 cm³/mol. The molecule has 0 aromatic carbocycles. The first-order valence-electron chi connectivity index (χ1n) is 6.40. The molecule has 0 spiro atoms. The highest BCUT2D eigenvalue weighted by Crippen LogP contribution is 2.40. The van der Waals surface area contributed by atoms with Gasteiger partial charge in [-0.15, -0.1) is 0 Å². The molecule has 0 amide bonds. The van der Waals surface area contributed by atoms with Crippen molar-refractivity contribution in [2.75, 3.05) is 18.0 Å². The van der Waals surface area contributed by atoms with Crippen LogP contribution in [0, 0.1) is 11.8 Å². The third-order valence-electron chi connectivity index (χ3n) is 4.32. The Morgan fingerprint density at radius 1 is 1.22 bits per heavy atom. The number of anilines is 1. The standard InChI is InChI=1S/C12H15N5O/c18-9-2-1-7-3-17(4-8(7)9)12-10-11(14-5-13-10)15-6-16-12/h5-9,18H,1-4H2,(H,13,14,15,16). The number of aliphatic hydroxyl groups is 1. The van der Waals surface area contributed by atoms with Crippen LogP contribution in [-0.2, 0) is 0 Å². The van der Waals surface area contributed by atoms with Crippen molar-refractivity contribution in [2.24, 2.45) is 11.8 Å². The summed E-state index contributed by atoms with van der Waals surface area (Å²) in [5.41, 5.74) is 1.60. The van der Waals surface area contributed by atoms with Crippen molar-refractivity contribution < 1.29 is 5.11 Å². The zero-order valence-electron chi connectivity index (χ0n) is 9.95. The maximum atomic E-state index is 9.96. The van der Waals surface area contributed by atoms with Crippen LogP contribution in [0.1, 0.15) is 12.8 Å². The number of fused-ring (bicyclic) bond motifs is 2. The zero-order chi connectivity index (χ0) is 12.1. The largest absolute Gasteiger partial charge is 0.393 e. The summed E-state index contributed by atoms with van der Waals surface area (Å²) in [7, 11) is 0. The molecule has 4 rings (SSSR count). The van der Waals surface area contributed by atoms with E-state index in [1.807, 2.05) is 0 Å². The second-order valence-corrected chi connectivity index (χ2v) is 5.27. The van der Waals surface area contributed by atoms with Crippen LogP contribution < -0.4 is 4.90 Å². The smallest absolute Gasteiger partial charge is 0.182 e. The van der Waals surface area contributed by atoms with E-state index in [1.54, 1.807) is 12.7 Å². The molecular weight excluding hydrogens is 230 g/mol. The lowest BCUT2D eigenvalue weighted by molar-refractivity contribution is 0.133. The van der Waals surface area contributed by atoms with Gasteiger partial charge in [-0.2, -0.15) is 0 Å². The van der Waals surface area contributed by atoms with E-state index in [0.29, 0.717) is 17.5 Å². The summed E-state index contributed by atoms with van der Waals surface area (Å²) in [6.45, 7) is 1.86. The number of hydrogen-bond donors (Lipinski definition) is 2. The van der Waals surface area contributed by atoms with E-state index in [1.165, 1.54) is 0 Å². The molecule has 1 aliphatic carbocycles. The molecule has 2 N–H and O–H groups in total. The van der Waals surface area contributed by atoms with E-state index in [0.717, 1.165) is 37.3 Å². The third-order valence-corrected chi connectivity index (χ3v) is 4.32. The molecule has 1 saturated carbocycles. The van der Waals surface area contributed by atoms with Crippen molar-refractivity contribution in [3.05, 3.63) is 12.7 Å². The minimum Gasteiger partial charge on any atom is -0.393 e. The van der Waals surface area contributed by atoms with Gasteiger partial charge in [-0.05, 0) is 18.8 Å². The highest BCUT2D eigenvalue weighted by atomic mass is 16.3. The topological polar surface area (TPSA) is 77.9 Å². The first-order valence-corrected chi connectivity index (χ1v) is 6.40. The summed E-state index contributed by atoms with van der Waals surface area (Å²) < 4.78 is 0. The SMILES string of the molecule is OC1CCC2CN(c3ncnc4nc[nH]c34)CC12. The van der Waals surface area contributed by atoms with E-state index >= 15 is 0 Å². The number of imidazole rings is 1. The van der Waals surface area contributed by atoms with Crippen molar-refractivity contribution in [1.82, 2.24) is 19.9 Å². The number of aliphatic hydroxyl groups excluding tert-OH is 1. The van der Waals surface area contributed by atoms with E-state index in [4.69, 9.17) is 0 Å². The number of rotatable bonds is 1. The Balaban J connectivity index is 1.70. The minimum absolute atomic E-state index is 0.140. The van der Waals surface area contributed by atoms with Gasteiger partial charge >= 0.3 is 0 Å². The molecular formula is C12H15N5O. The average molecular weight is 245 g/mol.